The van der Waals surface area contributed by atoms with E-state index in [1.807, 2.05) is 35.7 Å². The number of carbonyl (C=O) groups excluding carboxylic acids is 1. The van der Waals surface area contributed by atoms with E-state index in [-0.39, 0.29) is 18.4 Å². The third kappa shape index (κ3) is 4.63. The molecule has 2 rings (SSSR count). The van der Waals surface area contributed by atoms with Crippen molar-refractivity contribution in [1.82, 2.24) is 10.3 Å². The first kappa shape index (κ1) is 15.6. The summed E-state index contributed by atoms with van der Waals surface area (Å²) in [4.78, 5) is 16.2. The van der Waals surface area contributed by atoms with E-state index in [0.717, 1.165) is 16.3 Å². The van der Waals surface area contributed by atoms with E-state index in [0.29, 0.717) is 13.1 Å². The van der Waals surface area contributed by atoms with Gasteiger partial charge in [-0.1, -0.05) is 30.3 Å². The molecule has 112 valence electrons. The fourth-order valence-electron chi connectivity index (χ4n) is 1.96. The molecule has 3 N–H and O–H groups in total. The van der Waals surface area contributed by atoms with Gasteiger partial charge in [0.2, 0.25) is 5.91 Å². The number of thiazole rings is 1. The van der Waals surface area contributed by atoms with Crippen molar-refractivity contribution < 1.29 is 9.53 Å². The van der Waals surface area contributed by atoms with Crippen LogP contribution in [-0.4, -0.2) is 24.5 Å². The maximum atomic E-state index is 11.9. The lowest BCUT2D eigenvalue weighted by atomic mass is 10.1. The van der Waals surface area contributed by atoms with Crippen molar-refractivity contribution in [1.29, 1.82) is 0 Å². The molecule has 0 saturated carbocycles. The zero-order chi connectivity index (χ0) is 15.1. The molecule has 0 aliphatic heterocycles. The molecule has 5 nitrogen and oxygen atoms in total. The second kappa shape index (κ2) is 7.87. The molecule has 0 fully saturated rings. The van der Waals surface area contributed by atoms with Crippen LogP contribution in [-0.2, 0) is 22.5 Å². The highest BCUT2D eigenvalue weighted by Crippen LogP contribution is 2.15. The van der Waals surface area contributed by atoms with E-state index in [9.17, 15) is 4.79 Å². The Bertz CT molecular complexity index is 571. The first-order chi connectivity index (χ1) is 10.2. The Morgan fingerprint density at radius 2 is 2.19 bits per heavy atom. The maximum absolute atomic E-state index is 11.9. The molecule has 1 aromatic heterocycles. The van der Waals surface area contributed by atoms with Gasteiger partial charge in [0.1, 0.15) is 5.01 Å². The van der Waals surface area contributed by atoms with Crippen LogP contribution in [0.15, 0.2) is 35.7 Å². The second-order valence-electron chi connectivity index (χ2n) is 4.55. The Labute approximate surface area is 128 Å². The molecule has 1 unspecified atom stereocenters. The van der Waals surface area contributed by atoms with E-state index in [4.69, 9.17) is 10.5 Å². The van der Waals surface area contributed by atoms with Crippen LogP contribution in [0.25, 0.3) is 0 Å². The molecule has 1 amide bonds. The molecule has 6 heteroatoms. The van der Waals surface area contributed by atoms with Crippen LogP contribution in [0.3, 0.4) is 0 Å². The van der Waals surface area contributed by atoms with Gasteiger partial charge < -0.3 is 15.8 Å². The molecule has 1 heterocycles. The maximum Gasteiger partial charge on any atom is 0.226 e. The van der Waals surface area contributed by atoms with Gasteiger partial charge in [0.25, 0.3) is 0 Å². The highest BCUT2D eigenvalue weighted by molar-refractivity contribution is 7.09. The standard InChI is InChI=1S/C15H19N3O2S/c1-20-13(11-5-3-2-4-6-11)9-17-14(19)7-12-10-21-15(8-16)18-12/h2-6,10,13H,7-9,16H2,1H3,(H,17,19). The Morgan fingerprint density at radius 3 is 2.81 bits per heavy atom. The smallest absolute Gasteiger partial charge is 0.226 e. The van der Waals surface area contributed by atoms with Gasteiger partial charge in [-0.05, 0) is 5.56 Å². The summed E-state index contributed by atoms with van der Waals surface area (Å²) >= 11 is 1.48. The largest absolute Gasteiger partial charge is 0.375 e. The number of amides is 1. The molecule has 0 radical (unpaired) electrons. The Hall–Kier alpha value is -1.76. The summed E-state index contributed by atoms with van der Waals surface area (Å²) in [5, 5.41) is 5.59. The highest BCUT2D eigenvalue weighted by Gasteiger charge is 2.12. The van der Waals surface area contributed by atoms with E-state index in [2.05, 4.69) is 10.3 Å². The number of nitrogens with one attached hydrogen (secondary N) is 1. The lowest BCUT2D eigenvalue weighted by molar-refractivity contribution is -0.121. The van der Waals surface area contributed by atoms with Gasteiger partial charge in [-0.25, -0.2) is 4.98 Å². The summed E-state index contributed by atoms with van der Waals surface area (Å²) in [6.45, 7) is 0.846. The minimum absolute atomic E-state index is 0.0677. The molecule has 0 bridgehead atoms. The third-order valence-corrected chi connectivity index (χ3v) is 3.98. The molecule has 0 spiro atoms. The predicted molar refractivity (Wildman–Crippen MR) is 82.9 cm³/mol. The first-order valence-electron chi connectivity index (χ1n) is 6.70. The molecular weight excluding hydrogens is 286 g/mol. The van der Waals surface area contributed by atoms with Crippen molar-refractivity contribution in [3.63, 3.8) is 0 Å². The summed E-state index contributed by atoms with van der Waals surface area (Å²) in [6, 6.07) is 9.81. The monoisotopic (exact) mass is 305 g/mol. The SMILES string of the molecule is COC(CNC(=O)Cc1csc(CN)n1)c1ccccc1. The topological polar surface area (TPSA) is 77.2 Å². The average molecular weight is 305 g/mol. The summed E-state index contributed by atoms with van der Waals surface area (Å²) in [6.07, 6.45) is 0.118. The van der Waals surface area contributed by atoms with Gasteiger partial charge in [-0.2, -0.15) is 0 Å². The van der Waals surface area contributed by atoms with Crippen LogP contribution in [0.2, 0.25) is 0 Å². The first-order valence-corrected chi connectivity index (χ1v) is 7.58. The molecule has 2 aromatic rings. The van der Waals surface area contributed by atoms with Crippen LogP contribution in [0.4, 0.5) is 0 Å². The van der Waals surface area contributed by atoms with E-state index in [1.165, 1.54) is 11.3 Å². The zero-order valence-electron chi connectivity index (χ0n) is 11.9. The number of ether oxygens (including phenoxy) is 1. The van der Waals surface area contributed by atoms with Crippen molar-refractivity contribution >= 4 is 17.2 Å². The van der Waals surface area contributed by atoms with Crippen LogP contribution in [0, 0.1) is 0 Å². The highest BCUT2D eigenvalue weighted by atomic mass is 32.1. The fourth-order valence-corrected chi connectivity index (χ4v) is 2.64. The summed E-state index contributed by atoms with van der Waals surface area (Å²) in [5.41, 5.74) is 7.30. The van der Waals surface area contributed by atoms with Gasteiger partial charge in [-0.3, -0.25) is 4.79 Å². The zero-order valence-corrected chi connectivity index (χ0v) is 12.7. The van der Waals surface area contributed by atoms with Crippen molar-refractivity contribution in [3.8, 4) is 0 Å². The number of carbonyl (C=O) groups is 1. The number of aromatic nitrogens is 1. The van der Waals surface area contributed by atoms with Crippen molar-refractivity contribution in [2.45, 2.75) is 19.1 Å². The van der Waals surface area contributed by atoms with Crippen LogP contribution >= 0.6 is 11.3 Å². The fraction of sp³-hybridized carbons (Fsp3) is 0.333. The lowest BCUT2D eigenvalue weighted by Gasteiger charge is -2.16. The molecular formula is C15H19N3O2S. The van der Waals surface area contributed by atoms with Crippen molar-refractivity contribution in [2.75, 3.05) is 13.7 Å². The number of hydrogen-bond donors (Lipinski definition) is 2. The van der Waals surface area contributed by atoms with Crippen molar-refractivity contribution in [3.05, 3.63) is 52.0 Å². The molecule has 1 aromatic carbocycles. The molecule has 0 aliphatic carbocycles. The van der Waals surface area contributed by atoms with Crippen molar-refractivity contribution in [2.24, 2.45) is 5.73 Å². The second-order valence-corrected chi connectivity index (χ2v) is 5.50. The van der Waals surface area contributed by atoms with Gasteiger partial charge >= 0.3 is 0 Å². The molecule has 21 heavy (non-hydrogen) atoms. The molecule has 1 atom stereocenters. The van der Waals surface area contributed by atoms with Crippen LogP contribution < -0.4 is 11.1 Å². The lowest BCUT2D eigenvalue weighted by Crippen LogP contribution is -2.30. The van der Waals surface area contributed by atoms with E-state index >= 15 is 0 Å². The van der Waals surface area contributed by atoms with Gasteiger partial charge in [0, 0.05) is 25.6 Å². The number of rotatable bonds is 7. The minimum Gasteiger partial charge on any atom is -0.375 e. The number of methoxy groups -OCH3 is 1. The quantitative estimate of drug-likeness (QED) is 0.815. The third-order valence-electron chi connectivity index (χ3n) is 3.06. The predicted octanol–water partition coefficient (Wildman–Crippen LogP) is 1.65. The number of nitrogens with zero attached hydrogens (tertiary/aromatic N) is 1. The van der Waals surface area contributed by atoms with Gasteiger partial charge in [-0.15, -0.1) is 11.3 Å². The van der Waals surface area contributed by atoms with E-state index < -0.39 is 0 Å². The average Bonchev–Trinajstić information content (AvgIpc) is 2.96. The molecule has 0 saturated heterocycles. The number of benzene rings is 1. The minimum atomic E-state index is -0.148. The Kier molecular flexibility index (Phi) is 5.86. The summed E-state index contributed by atoms with van der Waals surface area (Å²) in [5.74, 6) is -0.0677. The number of hydrogen-bond acceptors (Lipinski definition) is 5. The Balaban J connectivity index is 1.85. The summed E-state index contributed by atoms with van der Waals surface area (Å²) in [7, 11) is 1.64. The Morgan fingerprint density at radius 1 is 1.43 bits per heavy atom. The van der Waals surface area contributed by atoms with Gasteiger partial charge in [0.15, 0.2) is 0 Å². The van der Waals surface area contributed by atoms with Crippen LogP contribution in [0.1, 0.15) is 22.4 Å². The normalized spacial score (nSPS) is 12.1. The van der Waals surface area contributed by atoms with Gasteiger partial charge in [0.05, 0.1) is 18.2 Å². The van der Waals surface area contributed by atoms with Crippen LogP contribution in [0.5, 0.6) is 0 Å². The molecule has 0 aliphatic rings. The summed E-state index contributed by atoms with van der Waals surface area (Å²) < 4.78 is 5.41. The van der Waals surface area contributed by atoms with E-state index in [1.54, 1.807) is 7.11 Å². The number of nitrogens with two attached hydrogens (primary N) is 1.